The summed E-state index contributed by atoms with van der Waals surface area (Å²) in [4.78, 5) is 124. The third-order valence-corrected chi connectivity index (χ3v) is 19.6. The number of hydrogen-bond acceptors (Lipinski definition) is 16. The van der Waals surface area contributed by atoms with Crippen LogP contribution in [0.2, 0.25) is 5.02 Å². The van der Waals surface area contributed by atoms with Gasteiger partial charge in [0.05, 0.1) is 40.6 Å². The number of carbonyl (C=O) groups excluding carboxylic acids is 9. The lowest BCUT2D eigenvalue weighted by Crippen LogP contribution is -2.53. The normalized spacial score (nSPS) is 24.1. The van der Waals surface area contributed by atoms with Gasteiger partial charge in [-0.1, -0.05) is 104 Å². The summed E-state index contributed by atoms with van der Waals surface area (Å²) in [7, 11) is 0.109. The molecule has 2 aromatic rings. The number of sulfone groups is 1. The number of aliphatic hydroxyl groups is 1. The SMILES string of the molecule is C=C(CBr)C(=O)CCCCCCC(=O)C[C@H](C(=O)N[C@@H](CCCNC(N)=O)C(=O)Cc1ccc(C(=O)N(C)[C@@H](C)C(=O)O[C@H]2CC(=O)N(C)c3cc(cc(C)c3Cl)C/C(C)=C/C=C/[C@@H](OC)[C@]3(O)CC(=O)O[C@@H](C3)[C@@H](C)[C@@H]3O[C@@]23C)cc1S(C)(=O)=O)C(C)C. The molecule has 3 aliphatic rings. The minimum Gasteiger partial charge on any atom is -0.462 e. The van der Waals surface area contributed by atoms with Crippen molar-refractivity contribution in [2.24, 2.45) is 23.5 Å². The zero-order chi connectivity index (χ0) is 66.5. The van der Waals surface area contributed by atoms with Crippen LogP contribution in [0, 0.1) is 24.7 Å². The molecule has 10 atom stereocenters. The van der Waals surface area contributed by atoms with Gasteiger partial charge in [-0.3, -0.25) is 33.6 Å². The third kappa shape index (κ3) is 19.9. The summed E-state index contributed by atoms with van der Waals surface area (Å²) in [6, 6.07) is 4.03. The summed E-state index contributed by atoms with van der Waals surface area (Å²) in [6.07, 6.45) is 4.75. The number of aryl methyl sites for hydroxylation is 1. The van der Waals surface area contributed by atoms with E-state index in [0.717, 1.165) is 34.8 Å². The number of likely N-dealkylation sites (N-methyl/N-ethyl adjacent to an activating group) is 1. The van der Waals surface area contributed by atoms with Crippen LogP contribution in [0.1, 0.15) is 146 Å². The molecule has 2 fully saturated rings. The number of nitrogens with zero attached hydrogens (tertiary/aromatic N) is 2. The number of allylic oxidation sites excluding steroid dienone is 4. The fourth-order valence-corrected chi connectivity index (χ4v) is 13.0. The molecule has 3 heterocycles. The summed E-state index contributed by atoms with van der Waals surface area (Å²) >= 11 is 10.1. The number of benzene rings is 2. The van der Waals surface area contributed by atoms with Crippen molar-refractivity contribution >= 4 is 96.1 Å². The van der Waals surface area contributed by atoms with Gasteiger partial charge in [-0.15, -0.1) is 0 Å². The molecule has 2 aromatic carbocycles. The van der Waals surface area contributed by atoms with Crippen molar-refractivity contribution in [3.63, 3.8) is 0 Å². The van der Waals surface area contributed by atoms with Crippen LogP contribution in [-0.2, 0) is 75.2 Å². The molecule has 5 amide bonds. The maximum absolute atomic E-state index is 14.5. The highest BCUT2D eigenvalue weighted by Crippen LogP contribution is 2.50. The first-order chi connectivity index (χ1) is 41.6. The number of amides is 5. The Morgan fingerprint density at radius 2 is 1.70 bits per heavy atom. The molecule has 0 unspecified atom stereocenters. The van der Waals surface area contributed by atoms with E-state index < -0.39 is 124 Å². The minimum atomic E-state index is -4.18. The van der Waals surface area contributed by atoms with E-state index in [-0.39, 0.29) is 78.6 Å². The highest BCUT2D eigenvalue weighted by atomic mass is 79.9. The Morgan fingerprint density at radius 3 is 2.33 bits per heavy atom. The van der Waals surface area contributed by atoms with Crippen LogP contribution in [0.5, 0.6) is 0 Å². The van der Waals surface area contributed by atoms with Gasteiger partial charge in [0.1, 0.15) is 41.3 Å². The van der Waals surface area contributed by atoms with Gasteiger partial charge >= 0.3 is 18.0 Å². The number of urea groups is 1. The van der Waals surface area contributed by atoms with Crippen LogP contribution in [0.25, 0.3) is 0 Å². The number of epoxide rings is 1. The van der Waals surface area contributed by atoms with Crippen molar-refractivity contribution in [2.45, 2.75) is 191 Å². The van der Waals surface area contributed by atoms with Crippen LogP contribution in [0.3, 0.4) is 0 Å². The number of primary amides is 1. The number of unbranched alkanes of at least 4 members (excludes halogenated alkanes) is 3. The maximum atomic E-state index is 14.5. The van der Waals surface area contributed by atoms with E-state index in [1.165, 1.54) is 38.1 Å². The summed E-state index contributed by atoms with van der Waals surface area (Å²) < 4.78 is 51.2. The summed E-state index contributed by atoms with van der Waals surface area (Å²) in [5.41, 5.74) is 5.40. The zero-order valence-electron chi connectivity index (χ0n) is 53.0. The lowest BCUT2D eigenvalue weighted by Gasteiger charge is -2.41. The molecule has 4 bridgehead atoms. The largest absolute Gasteiger partial charge is 0.462 e. The highest BCUT2D eigenvalue weighted by Gasteiger charge is 2.64. The van der Waals surface area contributed by atoms with Crippen LogP contribution in [0.4, 0.5) is 10.5 Å². The first-order valence-electron chi connectivity index (χ1n) is 30.1. The quantitative estimate of drug-likeness (QED) is 0.0217. The summed E-state index contributed by atoms with van der Waals surface area (Å²) in [6.45, 7) is 15.9. The molecule has 21 nitrogen and oxygen atoms in total. The third-order valence-electron chi connectivity index (χ3n) is 17.2. The number of fused-ring (bicyclic) bond motifs is 5. The predicted octanol–water partition coefficient (Wildman–Crippen LogP) is 7.92. The number of ketones is 3. The van der Waals surface area contributed by atoms with Gasteiger partial charge in [-0.2, -0.15) is 0 Å². The molecule has 24 heteroatoms. The Labute approximate surface area is 536 Å². The van der Waals surface area contributed by atoms with Crippen molar-refractivity contribution in [3.8, 4) is 0 Å². The number of nitrogens with two attached hydrogens (primary N) is 1. The minimum absolute atomic E-state index is 0.00230. The molecule has 5 rings (SSSR count). The predicted molar refractivity (Wildman–Crippen MR) is 340 cm³/mol. The van der Waals surface area contributed by atoms with Crippen LogP contribution >= 0.6 is 27.5 Å². The number of hydrogen-bond donors (Lipinski definition) is 4. The Kier molecular flexibility index (Phi) is 26.7. The van der Waals surface area contributed by atoms with Crippen molar-refractivity contribution in [1.29, 1.82) is 0 Å². The Bertz CT molecular complexity index is 3190. The maximum Gasteiger partial charge on any atom is 0.328 e. The average Bonchev–Trinajstić information content (AvgIpc) is 1.64. The van der Waals surface area contributed by atoms with Gasteiger partial charge in [0.15, 0.2) is 21.4 Å². The van der Waals surface area contributed by atoms with E-state index in [4.69, 9.17) is 36.3 Å². The van der Waals surface area contributed by atoms with E-state index >= 15 is 0 Å². The van der Waals surface area contributed by atoms with Gasteiger partial charge in [0.25, 0.3) is 5.91 Å². The number of Topliss-reactive ketones (excluding diaryl/α,β-unsaturated/α-hetero) is 3. The Hall–Kier alpha value is -6.11. The number of methoxy groups -OCH3 is 1. The molecular formula is C65H89BrClN5O16S. The number of anilines is 1. The molecule has 0 radical (unpaired) electrons. The fraction of sp³-hybridized carbons (Fsp3) is 0.585. The van der Waals surface area contributed by atoms with E-state index in [2.05, 4.69) is 33.1 Å². The second kappa shape index (κ2) is 32.3. The number of nitrogens with one attached hydrogen (secondary N) is 2. The number of ether oxygens (including phenoxy) is 4. The van der Waals surface area contributed by atoms with E-state index in [1.54, 1.807) is 53.0 Å². The number of halogens is 2. The number of carbonyl (C=O) groups is 9. The summed E-state index contributed by atoms with van der Waals surface area (Å²) in [5, 5.41) is 18.0. The van der Waals surface area contributed by atoms with Crippen LogP contribution in [-0.4, -0.2) is 159 Å². The molecule has 89 heavy (non-hydrogen) atoms. The number of esters is 2. The second-order valence-electron chi connectivity index (χ2n) is 24.6. The molecule has 5 N–H and O–H groups in total. The molecule has 0 aliphatic carbocycles. The number of alkyl halides is 1. The average molecular weight is 1340 g/mol. The molecule has 2 saturated heterocycles. The van der Waals surface area contributed by atoms with E-state index in [9.17, 15) is 56.7 Å². The van der Waals surface area contributed by atoms with Gasteiger partial charge in [0, 0.05) is 88.8 Å². The van der Waals surface area contributed by atoms with Crippen LogP contribution in [0.15, 0.2) is 71.2 Å². The van der Waals surface area contributed by atoms with Gasteiger partial charge in [0.2, 0.25) is 11.8 Å². The molecular weight excluding hydrogens is 1250 g/mol. The number of rotatable bonds is 27. The molecule has 0 saturated carbocycles. The van der Waals surface area contributed by atoms with Gasteiger partial charge in [-0.05, 0) is 106 Å². The van der Waals surface area contributed by atoms with Crippen molar-refractivity contribution in [2.75, 3.05) is 44.2 Å². The van der Waals surface area contributed by atoms with Crippen molar-refractivity contribution in [3.05, 3.63) is 93.6 Å². The second-order valence-corrected chi connectivity index (χ2v) is 27.6. The first-order valence-corrected chi connectivity index (χ1v) is 33.5. The first kappa shape index (κ1) is 73.6. The van der Waals surface area contributed by atoms with Gasteiger partial charge in [-0.25, -0.2) is 18.0 Å². The van der Waals surface area contributed by atoms with Gasteiger partial charge < -0.3 is 50.2 Å². The molecule has 490 valence electrons. The smallest absolute Gasteiger partial charge is 0.328 e. The molecule has 0 aromatic heterocycles. The van der Waals surface area contributed by atoms with E-state index in [1.807, 2.05) is 26.0 Å². The Balaban J connectivity index is 1.37. The molecule has 3 aliphatic heterocycles. The van der Waals surface area contributed by atoms with Crippen molar-refractivity contribution in [1.82, 2.24) is 15.5 Å². The highest BCUT2D eigenvalue weighted by molar-refractivity contribution is 9.09. The van der Waals surface area contributed by atoms with Crippen LogP contribution < -0.4 is 21.3 Å². The topological polar surface area (TPSA) is 305 Å². The standard InChI is InChI=1S/C65H89BrClN5O16S/c1-37(2)47(32-46(73)20-15-13-14-16-22-50(74)40(5)36-66)60(78)70-48(21-18-26-69-63(68)81)51(75)30-44-24-25-45(31-53(44)89(12,83)84)61(79)71(9)42(7)62(80)87-55-33-56(76)72(10)49-29-43(28-39(4)58(49)67)27-38(3)19-17-23-54(85-11)65(82)34-52(86-57(77)35-65)41(6)59-64(55,8)88-59/h17,19,23-25,28-29,31,37,41-42,47-48,52,54-55,59,82H,5,13-16,18,20-22,26-27,30,32-36H2,1-4,6-12H3,(H,70,78)(H3,68,69,81)/b23-17+,38-19+/t41-,42+,47+,48+,52+,54-,55+,59+,64+,65-/m1/s1. The van der Waals surface area contributed by atoms with Crippen molar-refractivity contribution < 1.29 is 75.6 Å². The Morgan fingerprint density at radius 1 is 1.02 bits per heavy atom. The molecule has 0 spiro atoms. The zero-order valence-corrected chi connectivity index (χ0v) is 56.2. The van der Waals surface area contributed by atoms with E-state index in [0.29, 0.717) is 59.3 Å². The lowest BCUT2D eigenvalue weighted by molar-refractivity contribution is -0.187. The summed E-state index contributed by atoms with van der Waals surface area (Å²) in [5.74, 6) is -6.03. The monoisotopic (exact) mass is 1340 g/mol. The fourth-order valence-electron chi connectivity index (χ4n) is 11.5. The lowest BCUT2D eigenvalue weighted by atomic mass is 9.78.